The third-order valence-corrected chi connectivity index (χ3v) is 4.92. The Morgan fingerprint density at radius 1 is 1.09 bits per heavy atom. The first-order chi connectivity index (χ1) is 10.6. The summed E-state index contributed by atoms with van der Waals surface area (Å²) in [4.78, 5) is 27.3. The van der Waals surface area contributed by atoms with E-state index in [0.717, 1.165) is 19.5 Å². The summed E-state index contributed by atoms with van der Waals surface area (Å²) in [6.45, 7) is 6.67. The molecule has 2 aliphatic rings. The topological polar surface area (TPSA) is 40.6 Å². The fourth-order valence-corrected chi connectivity index (χ4v) is 3.67. The molecule has 118 valence electrons. The van der Waals surface area contributed by atoms with Crippen molar-refractivity contribution in [2.24, 2.45) is 0 Å². The molecule has 2 saturated heterocycles. The Morgan fingerprint density at radius 3 is 2.55 bits per heavy atom. The summed E-state index contributed by atoms with van der Waals surface area (Å²) >= 11 is 0. The number of carbonyl (C=O) groups excluding carboxylic acids is 2. The Bertz CT molecular complexity index is 581. The predicted octanol–water partition coefficient (Wildman–Crippen LogP) is 2.59. The van der Waals surface area contributed by atoms with Crippen LogP contribution < -0.4 is 0 Å². The maximum absolute atomic E-state index is 11.7. The Balaban J connectivity index is 1.69. The van der Waals surface area contributed by atoms with E-state index in [0.29, 0.717) is 25.4 Å². The molecule has 1 aromatic carbocycles. The number of carbonyl (C=O) groups is 2. The fourth-order valence-electron chi connectivity index (χ4n) is 3.67. The lowest BCUT2D eigenvalue weighted by Gasteiger charge is -2.28. The molecule has 2 aliphatic heterocycles. The molecule has 0 aliphatic carbocycles. The lowest BCUT2D eigenvalue weighted by Crippen LogP contribution is -2.37. The average Bonchev–Trinajstić information content (AvgIpc) is 3.07. The van der Waals surface area contributed by atoms with E-state index in [4.69, 9.17) is 0 Å². The van der Waals surface area contributed by atoms with E-state index < -0.39 is 0 Å². The van der Waals surface area contributed by atoms with Gasteiger partial charge in [-0.3, -0.25) is 19.4 Å². The highest BCUT2D eigenvalue weighted by Crippen LogP contribution is 2.34. The SMILES string of the molecule is Cc1ccc(C)c([C@H]2CCCN2CCN2C(=O)CCC2=O)c1. The number of amides is 2. The highest BCUT2D eigenvalue weighted by molar-refractivity contribution is 6.01. The molecule has 0 aromatic heterocycles. The molecule has 0 bridgehead atoms. The van der Waals surface area contributed by atoms with Gasteiger partial charge in [0, 0.05) is 32.0 Å². The molecule has 1 atom stereocenters. The van der Waals surface area contributed by atoms with Crippen molar-refractivity contribution in [2.45, 2.75) is 45.6 Å². The van der Waals surface area contributed by atoms with Crippen LogP contribution in [0.3, 0.4) is 0 Å². The van der Waals surface area contributed by atoms with E-state index in [2.05, 4.69) is 36.9 Å². The Labute approximate surface area is 132 Å². The largest absolute Gasteiger partial charge is 0.295 e. The number of benzene rings is 1. The third kappa shape index (κ3) is 2.93. The maximum Gasteiger partial charge on any atom is 0.229 e. The highest BCUT2D eigenvalue weighted by atomic mass is 16.2. The van der Waals surface area contributed by atoms with Crippen molar-refractivity contribution in [1.82, 2.24) is 9.80 Å². The van der Waals surface area contributed by atoms with Gasteiger partial charge < -0.3 is 0 Å². The van der Waals surface area contributed by atoms with E-state index in [9.17, 15) is 9.59 Å². The molecule has 22 heavy (non-hydrogen) atoms. The van der Waals surface area contributed by atoms with Crippen molar-refractivity contribution >= 4 is 11.8 Å². The van der Waals surface area contributed by atoms with Crippen molar-refractivity contribution in [3.63, 3.8) is 0 Å². The zero-order valence-electron chi connectivity index (χ0n) is 13.5. The van der Waals surface area contributed by atoms with Crippen molar-refractivity contribution in [3.8, 4) is 0 Å². The van der Waals surface area contributed by atoms with Crippen LogP contribution in [0.5, 0.6) is 0 Å². The summed E-state index contributed by atoms with van der Waals surface area (Å²) in [7, 11) is 0. The number of likely N-dealkylation sites (tertiary alicyclic amines) is 2. The van der Waals surface area contributed by atoms with Gasteiger partial charge in [-0.2, -0.15) is 0 Å². The predicted molar refractivity (Wildman–Crippen MR) is 85.4 cm³/mol. The van der Waals surface area contributed by atoms with E-state index in [1.54, 1.807) is 0 Å². The molecule has 2 fully saturated rings. The average molecular weight is 300 g/mol. The van der Waals surface area contributed by atoms with Crippen molar-refractivity contribution in [3.05, 3.63) is 34.9 Å². The molecule has 0 N–H and O–H groups in total. The van der Waals surface area contributed by atoms with E-state index in [-0.39, 0.29) is 11.8 Å². The Kier molecular flexibility index (Phi) is 4.30. The van der Waals surface area contributed by atoms with Crippen LogP contribution in [0.4, 0.5) is 0 Å². The molecule has 3 rings (SSSR count). The van der Waals surface area contributed by atoms with Gasteiger partial charge in [0.1, 0.15) is 0 Å². The van der Waals surface area contributed by atoms with Gasteiger partial charge in [-0.25, -0.2) is 0 Å². The molecular formula is C18H24N2O2. The molecule has 0 radical (unpaired) electrons. The van der Waals surface area contributed by atoms with Gasteiger partial charge in [-0.15, -0.1) is 0 Å². The van der Waals surface area contributed by atoms with Gasteiger partial charge in [-0.1, -0.05) is 23.8 Å². The number of aryl methyl sites for hydroxylation is 2. The minimum atomic E-state index is -0.00696. The first-order valence-electron chi connectivity index (χ1n) is 8.20. The zero-order chi connectivity index (χ0) is 15.7. The zero-order valence-corrected chi connectivity index (χ0v) is 13.5. The lowest BCUT2D eigenvalue weighted by atomic mass is 9.97. The first kappa shape index (κ1) is 15.2. The van der Waals surface area contributed by atoms with E-state index in [1.165, 1.54) is 28.0 Å². The maximum atomic E-state index is 11.7. The normalized spacial score (nSPS) is 22.8. The van der Waals surface area contributed by atoms with Gasteiger partial charge >= 0.3 is 0 Å². The van der Waals surface area contributed by atoms with Crippen LogP contribution in [0, 0.1) is 13.8 Å². The van der Waals surface area contributed by atoms with Gasteiger partial charge in [0.15, 0.2) is 0 Å². The number of hydrogen-bond donors (Lipinski definition) is 0. The fraction of sp³-hybridized carbons (Fsp3) is 0.556. The molecule has 1 aromatic rings. The number of rotatable bonds is 4. The summed E-state index contributed by atoms with van der Waals surface area (Å²) < 4.78 is 0. The second kappa shape index (κ2) is 6.21. The van der Waals surface area contributed by atoms with Gasteiger partial charge in [0.25, 0.3) is 0 Å². The summed E-state index contributed by atoms with van der Waals surface area (Å²) in [5.41, 5.74) is 4.02. The molecule has 0 spiro atoms. The van der Waals surface area contributed by atoms with Gasteiger partial charge in [0.2, 0.25) is 11.8 Å². The van der Waals surface area contributed by atoms with Crippen molar-refractivity contribution < 1.29 is 9.59 Å². The summed E-state index contributed by atoms with van der Waals surface area (Å²) in [6.07, 6.45) is 3.12. The van der Waals surface area contributed by atoms with E-state index >= 15 is 0 Å². The van der Waals surface area contributed by atoms with Crippen LogP contribution in [0.25, 0.3) is 0 Å². The smallest absolute Gasteiger partial charge is 0.229 e. The number of nitrogens with zero attached hydrogens (tertiary/aromatic N) is 2. The van der Waals surface area contributed by atoms with Crippen LogP contribution in [0.2, 0.25) is 0 Å². The molecular weight excluding hydrogens is 276 g/mol. The summed E-state index contributed by atoms with van der Waals surface area (Å²) in [6, 6.07) is 7.05. The minimum absolute atomic E-state index is 0.00696. The van der Waals surface area contributed by atoms with Crippen LogP contribution in [-0.2, 0) is 9.59 Å². The first-order valence-corrected chi connectivity index (χ1v) is 8.20. The monoisotopic (exact) mass is 300 g/mol. The third-order valence-electron chi connectivity index (χ3n) is 4.92. The molecule has 2 heterocycles. The molecule has 4 nitrogen and oxygen atoms in total. The number of hydrogen-bond acceptors (Lipinski definition) is 3. The molecule has 0 saturated carbocycles. The van der Waals surface area contributed by atoms with Crippen LogP contribution in [-0.4, -0.2) is 41.2 Å². The lowest BCUT2D eigenvalue weighted by molar-refractivity contribution is -0.138. The Hall–Kier alpha value is -1.68. The van der Waals surface area contributed by atoms with Gasteiger partial charge in [-0.05, 0) is 44.4 Å². The summed E-state index contributed by atoms with van der Waals surface area (Å²) in [5.74, 6) is -0.0139. The van der Waals surface area contributed by atoms with Crippen LogP contribution in [0.1, 0.15) is 48.4 Å². The summed E-state index contributed by atoms with van der Waals surface area (Å²) in [5, 5.41) is 0. The highest BCUT2D eigenvalue weighted by Gasteiger charge is 2.31. The second-order valence-corrected chi connectivity index (χ2v) is 6.49. The quantitative estimate of drug-likeness (QED) is 0.803. The Morgan fingerprint density at radius 2 is 1.82 bits per heavy atom. The van der Waals surface area contributed by atoms with Crippen LogP contribution >= 0.6 is 0 Å². The minimum Gasteiger partial charge on any atom is -0.295 e. The molecule has 2 amide bonds. The van der Waals surface area contributed by atoms with E-state index in [1.807, 2.05) is 0 Å². The standard InChI is InChI=1S/C18H24N2O2/c1-13-5-6-14(2)15(12-13)16-4-3-9-19(16)10-11-20-17(21)7-8-18(20)22/h5-6,12,16H,3-4,7-11H2,1-2H3/t16-/m1/s1. The molecule has 0 unspecified atom stereocenters. The molecule has 4 heteroatoms. The second-order valence-electron chi connectivity index (χ2n) is 6.49. The van der Waals surface area contributed by atoms with Crippen LogP contribution in [0.15, 0.2) is 18.2 Å². The van der Waals surface area contributed by atoms with Gasteiger partial charge in [0.05, 0.1) is 0 Å². The van der Waals surface area contributed by atoms with Crippen molar-refractivity contribution in [2.75, 3.05) is 19.6 Å². The van der Waals surface area contributed by atoms with Crippen molar-refractivity contribution in [1.29, 1.82) is 0 Å². The number of imide groups is 1.